The van der Waals surface area contributed by atoms with Crippen molar-refractivity contribution in [3.63, 3.8) is 0 Å². The van der Waals surface area contributed by atoms with Gasteiger partial charge in [0, 0.05) is 22.9 Å². The predicted molar refractivity (Wildman–Crippen MR) is 132 cm³/mol. The Bertz CT molecular complexity index is 1360. The maximum atomic E-state index is 13.4. The number of amides is 1. The van der Waals surface area contributed by atoms with Crippen LogP contribution < -0.4 is 5.32 Å². The molecule has 7 heteroatoms. The first-order valence-electron chi connectivity index (χ1n) is 11.1. The lowest BCUT2D eigenvalue weighted by Crippen LogP contribution is -2.25. The van der Waals surface area contributed by atoms with E-state index < -0.39 is 11.9 Å². The van der Waals surface area contributed by atoms with E-state index in [9.17, 15) is 14.0 Å². The third-order valence-corrected chi connectivity index (χ3v) is 7.07. The molecule has 0 aliphatic heterocycles. The summed E-state index contributed by atoms with van der Waals surface area (Å²) in [5.74, 6) is -0.580. The van der Waals surface area contributed by atoms with E-state index in [2.05, 4.69) is 34.6 Å². The summed E-state index contributed by atoms with van der Waals surface area (Å²) in [6.07, 6.45) is 1.14. The zero-order valence-corrected chi connectivity index (χ0v) is 19.4. The smallest absolute Gasteiger partial charge is 0.407 e. The normalized spacial score (nSPS) is 12.0. The third kappa shape index (κ3) is 4.81. The van der Waals surface area contributed by atoms with Crippen LogP contribution in [0.1, 0.15) is 33.0 Å². The van der Waals surface area contributed by atoms with Crippen LogP contribution in [0.4, 0.5) is 9.18 Å². The van der Waals surface area contributed by atoms with Gasteiger partial charge in [-0.05, 0) is 39.9 Å². The first-order valence-corrected chi connectivity index (χ1v) is 11.9. The van der Waals surface area contributed by atoms with Crippen molar-refractivity contribution in [3.05, 3.63) is 113 Å². The zero-order valence-electron chi connectivity index (χ0n) is 18.6. The van der Waals surface area contributed by atoms with Crippen LogP contribution in [0.25, 0.3) is 11.1 Å². The number of aromatic nitrogens is 1. The highest BCUT2D eigenvalue weighted by atomic mass is 32.2. The molecule has 1 aliphatic carbocycles. The van der Waals surface area contributed by atoms with Crippen molar-refractivity contribution in [1.29, 1.82) is 0 Å². The number of halogens is 1. The van der Waals surface area contributed by atoms with Crippen LogP contribution in [0, 0.1) is 5.82 Å². The number of carbonyl (C=O) groups excluding carboxylic acids is 2. The molecule has 0 radical (unpaired) electrons. The van der Waals surface area contributed by atoms with Crippen LogP contribution in [0.2, 0.25) is 0 Å². The zero-order chi connectivity index (χ0) is 24.2. The van der Waals surface area contributed by atoms with E-state index in [0.29, 0.717) is 11.3 Å². The largest absolute Gasteiger partial charge is 0.449 e. The highest BCUT2D eigenvalue weighted by Crippen LogP contribution is 2.44. The molecule has 1 N–H and O–H groups in total. The molecule has 0 fully saturated rings. The molecule has 174 valence electrons. The van der Waals surface area contributed by atoms with Crippen molar-refractivity contribution >= 4 is 24.1 Å². The van der Waals surface area contributed by atoms with Crippen LogP contribution in [0.5, 0.6) is 0 Å². The van der Waals surface area contributed by atoms with Crippen molar-refractivity contribution in [2.24, 2.45) is 0 Å². The van der Waals surface area contributed by atoms with Crippen molar-refractivity contribution in [3.8, 4) is 11.1 Å². The molecule has 35 heavy (non-hydrogen) atoms. The second kappa shape index (κ2) is 10.1. The Morgan fingerprint density at radius 3 is 2.37 bits per heavy atom. The van der Waals surface area contributed by atoms with Crippen molar-refractivity contribution in [2.45, 2.75) is 22.4 Å². The molecule has 1 aliphatic rings. The number of fused-ring (bicyclic) bond motifs is 3. The monoisotopic (exact) mass is 484 g/mol. The lowest BCUT2D eigenvalue weighted by atomic mass is 9.98. The van der Waals surface area contributed by atoms with Gasteiger partial charge >= 0.3 is 6.09 Å². The van der Waals surface area contributed by atoms with Gasteiger partial charge in [-0.25, -0.2) is 14.2 Å². The molecule has 0 bridgehead atoms. The van der Waals surface area contributed by atoms with E-state index in [-0.39, 0.29) is 24.6 Å². The third-order valence-electron chi connectivity index (χ3n) is 5.92. The molecular weight excluding hydrogens is 463 g/mol. The lowest BCUT2D eigenvalue weighted by Gasteiger charge is -2.15. The predicted octanol–water partition coefficient (Wildman–Crippen LogP) is 6.22. The number of nitrogens with zero attached hydrogens (tertiary/aromatic N) is 1. The van der Waals surface area contributed by atoms with Crippen LogP contribution in [0.3, 0.4) is 0 Å². The van der Waals surface area contributed by atoms with Crippen molar-refractivity contribution in [2.75, 3.05) is 6.61 Å². The Labute approximate surface area is 206 Å². The summed E-state index contributed by atoms with van der Waals surface area (Å²) >= 11 is 1.24. The number of pyridine rings is 1. The van der Waals surface area contributed by atoms with E-state index in [4.69, 9.17) is 4.74 Å². The summed E-state index contributed by atoms with van der Waals surface area (Å²) in [5, 5.41) is 3.21. The van der Waals surface area contributed by atoms with Gasteiger partial charge < -0.3 is 10.1 Å². The summed E-state index contributed by atoms with van der Waals surface area (Å²) in [6, 6.07) is 25.0. The van der Waals surface area contributed by atoms with E-state index in [1.165, 1.54) is 22.9 Å². The van der Waals surface area contributed by atoms with Gasteiger partial charge in [0.05, 0.1) is 6.20 Å². The number of ether oxygens (including phenoxy) is 1. The fourth-order valence-corrected chi connectivity index (χ4v) is 5.24. The van der Waals surface area contributed by atoms with Gasteiger partial charge in [0.25, 0.3) is 0 Å². The van der Waals surface area contributed by atoms with Gasteiger partial charge in [-0.3, -0.25) is 4.79 Å². The minimum absolute atomic E-state index is 0.0118. The molecule has 0 spiro atoms. The van der Waals surface area contributed by atoms with Gasteiger partial charge in [-0.15, -0.1) is 0 Å². The van der Waals surface area contributed by atoms with E-state index in [0.717, 1.165) is 33.8 Å². The second-order valence-electron chi connectivity index (χ2n) is 8.05. The molecule has 0 saturated heterocycles. The first kappa shape index (κ1) is 22.8. The van der Waals surface area contributed by atoms with E-state index in [1.54, 1.807) is 0 Å². The maximum absolute atomic E-state index is 13.4. The quantitative estimate of drug-likeness (QED) is 0.315. The van der Waals surface area contributed by atoms with Gasteiger partial charge in [-0.2, -0.15) is 0 Å². The minimum Gasteiger partial charge on any atom is -0.449 e. The molecule has 1 heterocycles. The fourth-order valence-electron chi connectivity index (χ4n) is 4.28. The number of alkyl carbamates (subject to hydrolysis) is 1. The molecule has 0 atom stereocenters. The standard InChI is InChI=1S/C28H21FN2O3S/c29-20-13-19(16-32)27(30-15-20)35-26-12-6-1-7-18(26)14-31-28(33)34-17-25-23-10-4-2-8-21(23)22-9-3-5-11-24(22)25/h1-13,15-16,25H,14,17H2,(H,31,33). The molecule has 0 unspecified atom stereocenters. The molecule has 3 aromatic carbocycles. The van der Waals surface area contributed by atoms with E-state index in [1.807, 2.05) is 48.5 Å². The van der Waals surface area contributed by atoms with Crippen LogP contribution >= 0.6 is 11.8 Å². The summed E-state index contributed by atoms with van der Waals surface area (Å²) < 4.78 is 19.0. The fraction of sp³-hybridized carbons (Fsp3) is 0.107. The van der Waals surface area contributed by atoms with Gasteiger partial charge in [0.15, 0.2) is 6.29 Å². The van der Waals surface area contributed by atoms with Crippen molar-refractivity contribution < 1.29 is 18.7 Å². The number of aldehydes is 1. The summed E-state index contributed by atoms with van der Waals surface area (Å²) in [4.78, 5) is 28.7. The van der Waals surface area contributed by atoms with Crippen molar-refractivity contribution in [1.82, 2.24) is 10.3 Å². The summed E-state index contributed by atoms with van der Waals surface area (Å²) in [5.41, 5.74) is 5.66. The lowest BCUT2D eigenvalue weighted by molar-refractivity contribution is 0.111. The topological polar surface area (TPSA) is 68.3 Å². The first-order chi connectivity index (χ1) is 17.1. The van der Waals surface area contributed by atoms with Crippen LogP contribution in [-0.2, 0) is 11.3 Å². The Kier molecular flexibility index (Phi) is 6.59. The van der Waals surface area contributed by atoms with E-state index >= 15 is 0 Å². The summed E-state index contributed by atoms with van der Waals surface area (Å²) in [6.45, 7) is 0.468. The molecular formula is C28H21FN2O3S. The number of carbonyl (C=O) groups is 2. The highest BCUT2D eigenvalue weighted by molar-refractivity contribution is 7.99. The minimum atomic E-state index is -0.568. The maximum Gasteiger partial charge on any atom is 0.407 e. The molecule has 4 aromatic rings. The number of rotatable bonds is 7. The summed E-state index contributed by atoms with van der Waals surface area (Å²) in [7, 11) is 0. The Hall–Kier alpha value is -3.97. The average Bonchev–Trinajstić information content (AvgIpc) is 3.21. The van der Waals surface area contributed by atoms with Gasteiger partial charge in [0.2, 0.25) is 0 Å². The average molecular weight is 485 g/mol. The SMILES string of the molecule is O=Cc1cc(F)cnc1Sc1ccccc1CNC(=O)OCC1c2ccccc2-c2ccccc21. The van der Waals surface area contributed by atoms with Crippen LogP contribution in [0.15, 0.2) is 95.0 Å². The molecule has 1 aromatic heterocycles. The number of hydrogen-bond acceptors (Lipinski definition) is 5. The molecule has 5 rings (SSSR count). The number of hydrogen-bond donors (Lipinski definition) is 1. The van der Waals surface area contributed by atoms with Crippen LogP contribution in [-0.4, -0.2) is 24.0 Å². The molecule has 1 amide bonds. The molecule has 0 saturated carbocycles. The van der Waals surface area contributed by atoms with Gasteiger partial charge in [0.1, 0.15) is 17.5 Å². The Morgan fingerprint density at radius 1 is 1.00 bits per heavy atom. The second-order valence-corrected chi connectivity index (χ2v) is 9.09. The highest BCUT2D eigenvalue weighted by Gasteiger charge is 2.29. The Balaban J connectivity index is 1.24. The number of nitrogens with one attached hydrogen (secondary N) is 1. The molecule has 5 nitrogen and oxygen atoms in total. The van der Waals surface area contributed by atoms with Gasteiger partial charge in [-0.1, -0.05) is 78.5 Å². The Morgan fingerprint density at radius 2 is 1.66 bits per heavy atom. The number of benzene rings is 3.